The first-order valence-electron chi connectivity index (χ1n) is 4.44. The summed E-state index contributed by atoms with van der Waals surface area (Å²) in [6.45, 7) is 0. The summed E-state index contributed by atoms with van der Waals surface area (Å²) in [4.78, 5) is 31.0. The Morgan fingerprint density at radius 1 is 0.765 bits per heavy atom. The Bertz CT molecular complexity index is 326. The van der Waals surface area contributed by atoms with Crippen molar-refractivity contribution in [3.8, 4) is 0 Å². The van der Waals surface area contributed by atoms with Gasteiger partial charge in [-0.05, 0) is 0 Å². The number of aromatic nitrogens is 3. The van der Waals surface area contributed by atoms with Crippen LogP contribution in [0.15, 0.2) is 0 Å². The van der Waals surface area contributed by atoms with E-state index in [-0.39, 0.29) is 17.8 Å². The fourth-order valence-corrected chi connectivity index (χ4v) is 1.01. The molecule has 0 fully saturated rings. The molecule has 0 aliphatic rings. The van der Waals surface area contributed by atoms with Crippen molar-refractivity contribution >= 4 is 17.8 Å². The van der Waals surface area contributed by atoms with Gasteiger partial charge in [-0.15, -0.1) is 0 Å². The molecule has 1 aromatic rings. The first kappa shape index (κ1) is 13.3. The lowest BCUT2D eigenvalue weighted by Gasteiger charge is -2.19. The van der Waals surface area contributed by atoms with Gasteiger partial charge >= 0.3 is 0 Å². The lowest BCUT2D eigenvalue weighted by Crippen LogP contribution is -2.27. The molecule has 96 valence electrons. The van der Waals surface area contributed by atoms with Crippen molar-refractivity contribution < 1.29 is 19.4 Å². The molecule has 1 rings (SSSR count). The molecule has 0 aliphatic carbocycles. The molecule has 0 bridgehead atoms. The lowest BCUT2D eigenvalue weighted by molar-refractivity contribution is -0.0524. The van der Waals surface area contributed by atoms with Crippen LogP contribution in [0.25, 0.3) is 0 Å². The van der Waals surface area contributed by atoms with Crippen molar-refractivity contribution in [1.29, 1.82) is 0 Å². The van der Waals surface area contributed by atoms with Crippen LogP contribution in [0.1, 0.15) is 0 Å². The highest BCUT2D eigenvalue weighted by molar-refractivity contribution is 5.38. The van der Waals surface area contributed by atoms with E-state index in [1.165, 1.54) is 28.4 Å². The van der Waals surface area contributed by atoms with Crippen LogP contribution in [0.3, 0.4) is 0 Å². The molecular formula is C7H14N6O4. The highest BCUT2D eigenvalue weighted by Gasteiger charge is 2.16. The molecule has 0 aromatic carbocycles. The number of rotatable bonds is 6. The van der Waals surface area contributed by atoms with E-state index in [0.717, 1.165) is 10.5 Å². The first-order chi connectivity index (χ1) is 8.15. The van der Waals surface area contributed by atoms with Crippen molar-refractivity contribution in [1.82, 2.24) is 15.0 Å². The highest BCUT2D eigenvalue weighted by atomic mass is 16.9. The van der Waals surface area contributed by atoms with Gasteiger partial charge in [0.25, 0.3) is 11.9 Å². The quantitative estimate of drug-likeness (QED) is 0.648. The summed E-state index contributed by atoms with van der Waals surface area (Å²) < 4.78 is 0. The summed E-state index contributed by atoms with van der Waals surface area (Å²) in [7, 11) is 5.53. The molecule has 10 heteroatoms. The van der Waals surface area contributed by atoms with Crippen LogP contribution in [0.5, 0.6) is 0 Å². The van der Waals surface area contributed by atoms with Gasteiger partial charge in [-0.2, -0.15) is 15.0 Å². The van der Waals surface area contributed by atoms with Crippen molar-refractivity contribution in [3.63, 3.8) is 0 Å². The van der Waals surface area contributed by atoms with Crippen LogP contribution < -0.4 is 16.2 Å². The van der Waals surface area contributed by atoms with Gasteiger partial charge in [0, 0.05) is 0 Å². The summed E-state index contributed by atoms with van der Waals surface area (Å²) in [6, 6.07) is 0. The van der Waals surface area contributed by atoms with Gasteiger partial charge in [-0.1, -0.05) is 10.5 Å². The Balaban J connectivity index is 3.08. The molecule has 1 aromatic heterocycles. The van der Waals surface area contributed by atoms with Gasteiger partial charge in [-0.25, -0.2) is 19.4 Å². The molecule has 0 aliphatic heterocycles. The van der Waals surface area contributed by atoms with E-state index < -0.39 is 0 Å². The Hall–Kier alpha value is -1.75. The topological polar surface area (TPSA) is 108 Å². The van der Waals surface area contributed by atoms with Crippen LogP contribution in [0.4, 0.5) is 17.8 Å². The van der Waals surface area contributed by atoms with Crippen LogP contribution in [0, 0.1) is 0 Å². The molecular weight excluding hydrogens is 232 g/mol. The van der Waals surface area contributed by atoms with Gasteiger partial charge in [-0.3, -0.25) is 0 Å². The Morgan fingerprint density at radius 2 is 1.12 bits per heavy atom. The van der Waals surface area contributed by atoms with Crippen molar-refractivity contribution in [2.24, 2.45) is 0 Å². The fraction of sp³-hybridized carbons (Fsp3) is 0.571. The second-order valence-corrected chi connectivity index (χ2v) is 2.54. The molecule has 0 saturated heterocycles. The van der Waals surface area contributed by atoms with Crippen LogP contribution in [0.2, 0.25) is 0 Å². The summed E-state index contributed by atoms with van der Waals surface area (Å²) in [6.07, 6.45) is 0. The predicted octanol–water partition coefficient (Wildman–Crippen LogP) is -0.688. The molecule has 0 spiro atoms. The Morgan fingerprint density at radius 3 is 1.41 bits per heavy atom. The third-order valence-corrected chi connectivity index (χ3v) is 1.62. The van der Waals surface area contributed by atoms with Crippen LogP contribution in [-0.4, -0.2) is 43.4 Å². The number of hydrogen-bond acceptors (Lipinski definition) is 10. The second kappa shape index (κ2) is 6.10. The average molecular weight is 246 g/mol. The van der Waals surface area contributed by atoms with Gasteiger partial charge < -0.3 is 5.73 Å². The zero-order valence-corrected chi connectivity index (χ0v) is 9.95. The number of hydrogen-bond donors (Lipinski definition) is 1. The standard InChI is InChI=1S/C7H14N6O4/c1-14-12(15-2)6-9-5(8)10-7(11-6)13(16-3)17-4/h1-4H3,(H2,8,9,10,11). The number of nitrogens with two attached hydrogens (primary N) is 1. The summed E-state index contributed by atoms with van der Waals surface area (Å²) in [5, 5.41) is 1.90. The molecule has 0 atom stereocenters. The second-order valence-electron chi connectivity index (χ2n) is 2.54. The molecule has 0 saturated carbocycles. The maximum Gasteiger partial charge on any atom is 0.284 e. The van der Waals surface area contributed by atoms with E-state index >= 15 is 0 Å². The molecule has 17 heavy (non-hydrogen) atoms. The minimum absolute atomic E-state index is 0.0387. The SMILES string of the molecule is CON(OC)c1nc(N)nc(N(OC)OC)n1. The predicted molar refractivity (Wildman–Crippen MR) is 57.2 cm³/mol. The summed E-state index contributed by atoms with van der Waals surface area (Å²) in [5.41, 5.74) is 5.52. The minimum atomic E-state index is -0.0387. The maximum absolute atomic E-state index is 5.52. The van der Waals surface area contributed by atoms with Gasteiger partial charge in [0.05, 0.1) is 28.4 Å². The maximum atomic E-state index is 5.52. The highest BCUT2D eigenvalue weighted by Crippen LogP contribution is 2.15. The van der Waals surface area contributed by atoms with Crippen molar-refractivity contribution in [2.45, 2.75) is 0 Å². The summed E-state index contributed by atoms with van der Waals surface area (Å²) in [5.74, 6) is 0.0661. The third-order valence-electron chi connectivity index (χ3n) is 1.62. The third kappa shape index (κ3) is 3.10. The largest absolute Gasteiger partial charge is 0.368 e. The first-order valence-corrected chi connectivity index (χ1v) is 4.44. The fourth-order valence-electron chi connectivity index (χ4n) is 1.01. The van der Waals surface area contributed by atoms with E-state index in [1.807, 2.05) is 0 Å². The number of nitrogens with zero attached hydrogens (tertiary/aromatic N) is 5. The molecule has 0 radical (unpaired) electrons. The van der Waals surface area contributed by atoms with E-state index in [0.29, 0.717) is 0 Å². The summed E-state index contributed by atoms with van der Waals surface area (Å²) >= 11 is 0. The van der Waals surface area contributed by atoms with Gasteiger partial charge in [0.1, 0.15) is 0 Å². The van der Waals surface area contributed by atoms with Crippen LogP contribution >= 0.6 is 0 Å². The normalized spacial score (nSPS) is 10.4. The number of anilines is 3. The molecule has 0 unspecified atom stereocenters. The van der Waals surface area contributed by atoms with Crippen molar-refractivity contribution in [3.05, 3.63) is 0 Å². The zero-order valence-electron chi connectivity index (χ0n) is 9.95. The van der Waals surface area contributed by atoms with Crippen molar-refractivity contribution in [2.75, 3.05) is 44.6 Å². The minimum Gasteiger partial charge on any atom is -0.368 e. The Labute approximate surface area is 97.7 Å². The van der Waals surface area contributed by atoms with E-state index in [4.69, 9.17) is 25.1 Å². The van der Waals surface area contributed by atoms with E-state index in [2.05, 4.69) is 15.0 Å². The Kier molecular flexibility index (Phi) is 4.78. The monoisotopic (exact) mass is 246 g/mol. The van der Waals surface area contributed by atoms with Gasteiger partial charge in [0.15, 0.2) is 0 Å². The number of nitrogen functional groups attached to an aromatic ring is 1. The van der Waals surface area contributed by atoms with Crippen LogP contribution in [-0.2, 0) is 19.4 Å². The smallest absolute Gasteiger partial charge is 0.284 e. The zero-order chi connectivity index (χ0) is 12.8. The molecule has 10 nitrogen and oxygen atoms in total. The molecule has 2 N–H and O–H groups in total. The lowest BCUT2D eigenvalue weighted by atomic mass is 10.8. The van der Waals surface area contributed by atoms with E-state index in [1.54, 1.807) is 0 Å². The molecule has 1 heterocycles. The average Bonchev–Trinajstić information content (AvgIpc) is 2.31. The molecule has 0 amide bonds. The van der Waals surface area contributed by atoms with E-state index in [9.17, 15) is 0 Å². The van der Waals surface area contributed by atoms with Gasteiger partial charge in [0.2, 0.25) is 5.95 Å².